The molecule has 0 aromatic heterocycles. The van der Waals surface area contributed by atoms with Crippen molar-refractivity contribution in [3.8, 4) is 23.0 Å². The zero-order valence-electron chi connectivity index (χ0n) is 24.0. The van der Waals surface area contributed by atoms with Crippen molar-refractivity contribution in [3.05, 3.63) is 121 Å². The first-order valence-corrected chi connectivity index (χ1v) is 13.6. The van der Waals surface area contributed by atoms with Crippen LogP contribution >= 0.6 is 0 Å². The fourth-order valence-corrected chi connectivity index (χ4v) is 3.87. The minimum Gasteiger partial charge on any atom is -0.457 e. The molecule has 2 amide bonds. The van der Waals surface area contributed by atoms with Gasteiger partial charge in [0.15, 0.2) is 0 Å². The fourth-order valence-electron chi connectivity index (χ4n) is 3.87. The normalized spacial score (nSPS) is 11.0. The summed E-state index contributed by atoms with van der Waals surface area (Å²) in [7, 11) is 0. The van der Waals surface area contributed by atoms with Gasteiger partial charge in [-0.25, -0.2) is 0 Å². The van der Waals surface area contributed by atoms with Crippen LogP contribution in [0.2, 0.25) is 0 Å². The summed E-state index contributed by atoms with van der Waals surface area (Å²) in [4.78, 5) is 22.3. The van der Waals surface area contributed by atoms with Crippen molar-refractivity contribution in [1.82, 2.24) is 0 Å². The average Bonchev–Trinajstić information content (AvgIpc) is 3.02. The second-order valence-corrected chi connectivity index (χ2v) is 9.52. The van der Waals surface area contributed by atoms with Gasteiger partial charge in [-0.2, -0.15) is 20.5 Å². The molecule has 10 heteroatoms. The molecule has 0 aliphatic rings. The highest BCUT2D eigenvalue weighted by molar-refractivity contribution is 5.89. The Hall–Kier alpha value is -6.16. The third-order valence-corrected chi connectivity index (χ3v) is 5.91. The van der Waals surface area contributed by atoms with Gasteiger partial charge in [-0.3, -0.25) is 9.59 Å². The summed E-state index contributed by atoms with van der Waals surface area (Å²) in [5.74, 6) is 2.38. The minimum absolute atomic E-state index is 0.126. The molecule has 0 saturated carbocycles. The molecule has 0 radical (unpaired) electrons. The van der Waals surface area contributed by atoms with Crippen molar-refractivity contribution in [1.29, 1.82) is 0 Å². The van der Waals surface area contributed by atoms with E-state index in [1.807, 2.05) is 72.8 Å². The summed E-state index contributed by atoms with van der Waals surface area (Å²) in [6, 6.07) is 36.0. The Bertz CT molecular complexity index is 1630. The molecular weight excluding hydrogens is 556 g/mol. The Balaban J connectivity index is 1.10. The van der Waals surface area contributed by atoms with Crippen LogP contribution in [0.3, 0.4) is 0 Å². The van der Waals surface area contributed by atoms with E-state index in [1.165, 1.54) is 13.8 Å². The number of rotatable bonds is 10. The molecule has 0 heterocycles. The van der Waals surface area contributed by atoms with Gasteiger partial charge in [0.2, 0.25) is 11.8 Å². The Morgan fingerprint density at radius 2 is 0.636 bits per heavy atom. The molecule has 5 rings (SSSR count). The van der Waals surface area contributed by atoms with Crippen molar-refractivity contribution >= 4 is 45.9 Å². The van der Waals surface area contributed by atoms with Crippen LogP contribution in [0.15, 0.2) is 142 Å². The molecule has 0 atom stereocenters. The molecule has 5 aromatic rings. The monoisotopic (exact) mass is 584 g/mol. The molecule has 0 unspecified atom stereocenters. The molecule has 0 spiro atoms. The summed E-state index contributed by atoms with van der Waals surface area (Å²) < 4.78 is 11.9. The zero-order valence-corrected chi connectivity index (χ0v) is 24.0. The molecule has 218 valence electrons. The predicted octanol–water partition coefficient (Wildman–Crippen LogP) is 10.0. The molecule has 0 saturated heterocycles. The third-order valence-electron chi connectivity index (χ3n) is 5.91. The van der Waals surface area contributed by atoms with E-state index in [4.69, 9.17) is 9.47 Å². The number of hydrogen-bond acceptors (Lipinski definition) is 8. The first kappa shape index (κ1) is 29.3. The van der Waals surface area contributed by atoms with Crippen molar-refractivity contribution in [2.75, 3.05) is 10.6 Å². The standard InChI is InChI=1S/C34H28N6O4/c1-23(41)35-25-3-7-27(8-4-25)37-39-29-11-15-31(16-12-29)43-33-19-21-34(22-20-33)44-32-17-13-30(14-18-32)40-38-28-9-5-26(6-10-28)36-24(2)42/h3-22H,1-2H3,(H,35,41)(H,36,42). The highest BCUT2D eigenvalue weighted by Gasteiger charge is 2.03. The Labute approximate surface area is 254 Å². The molecule has 0 bridgehead atoms. The summed E-state index contributed by atoms with van der Waals surface area (Å²) in [6.45, 7) is 2.92. The number of amides is 2. The quantitative estimate of drug-likeness (QED) is 0.158. The summed E-state index contributed by atoms with van der Waals surface area (Å²) in [5, 5.41) is 22.4. The van der Waals surface area contributed by atoms with E-state index in [0.717, 1.165) is 0 Å². The van der Waals surface area contributed by atoms with E-state index in [1.54, 1.807) is 48.5 Å². The first-order chi connectivity index (χ1) is 21.4. The Kier molecular flexibility index (Phi) is 9.43. The van der Waals surface area contributed by atoms with Crippen molar-refractivity contribution < 1.29 is 19.1 Å². The smallest absolute Gasteiger partial charge is 0.221 e. The van der Waals surface area contributed by atoms with Crippen LogP contribution in [-0.4, -0.2) is 11.8 Å². The lowest BCUT2D eigenvalue weighted by molar-refractivity contribution is -0.115. The van der Waals surface area contributed by atoms with Crippen LogP contribution in [0.5, 0.6) is 23.0 Å². The first-order valence-electron chi connectivity index (χ1n) is 13.6. The van der Waals surface area contributed by atoms with Gasteiger partial charge in [0.1, 0.15) is 23.0 Å². The van der Waals surface area contributed by atoms with Crippen molar-refractivity contribution in [2.45, 2.75) is 13.8 Å². The van der Waals surface area contributed by atoms with Gasteiger partial charge in [0, 0.05) is 25.2 Å². The number of anilines is 2. The van der Waals surface area contributed by atoms with Gasteiger partial charge in [-0.1, -0.05) is 0 Å². The maximum absolute atomic E-state index is 11.1. The van der Waals surface area contributed by atoms with Crippen molar-refractivity contribution in [2.24, 2.45) is 20.5 Å². The third kappa shape index (κ3) is 8.92. The van der Waals surface area contributed by atoms with Gasteiger partial charge < -0.3 is 20.1 Å². The van der Waals surface area contributed by atoms with Gasteiger partial charge >= 0.3 is 0 Å². The van der Waals surface area contributed by atoms with Crippen LogP contribution in [0.4, 0.5) is 34.1 Å². The van der Waals surface area contributed by atoms with Gasteiger partial charge in [-0.05, 0) is 121 Å². The van der Waals surface area contributed by atoms with E-state index in [9.17, 15) is 9.59 Å². The SMILES string of the molecule is CC(=O)Nc1ccc(N=Nc2ccc(Oc3ccc(Oc4ccc(N=Nc5ccc(NC(C)=O)cc5)cc4)cc3)cc2)cc1. The van der Waals surface area contributed by atoms with E-state index in [2.05, 4.69) is 31.1 Å². The van der Waals surface area contributed by atoms with Crippen LogP contribution in [0.25, 0.3) is 0 Å². The lowest BCUT2D eigenvalue weighted by atomic mass is 10.3. The molecule has 5 aromatic carbocycles. The molecule has 0 fully saturated rings. The number of nitrogens with one attached hydrogen (secondary N) is 2. The summed E-state index contributed by atoms with van der Waals surface area (Å²) in [5.41, 5.74) is 4.11. The second-order valence-electron chi connectivity index (χ2n) is 9.52. The molecule has 0 aliphatic heterocycles. The van der Waals surface area contributed by atoms with E-state index >= 15 is 0 Å². The zero-order chi connectivity index (χ0) is 30.7. The minimum atomic E-state index is -0.126. The largest absolute Gasteiger partial charge is 0.457 e. The average molecular weight is 585 g/mol. The lowest BCUT2D eigenvalue weighted by Gasteiger charge is -2.08. The predicted molar refractivity (Wildman–Crippen MR) is 169 cm³/mol. The maximum atomic E-state index is 11.1. The number of hydrogen-bond donors (Lipinski definition) is 2. The molecule has 44 heavy (non-hydrogen) atoms. The highest BCUT2D eigenvalue weighted by atomic mass is 16.5. The van der Waals surface area contributed by atoms with E-state index in [0.29, 0.717) is 57.1 Å². The number of azo groups is 2. The number of benzene rings is 5. The van der Waals surface area contributed by atoms with Crippen LogP contribution in [0.1, 0.15) is 13.8 Å². The molecule has 10 nitrogen and oxygen atoms in total. The number of carbonyl (C=O) groups is 2. The van der Waals surface area contributed by atoms with Gasteiger partial charge in [0.05, 0.1) is 22.7 Å². The van der Waals surface area contributed by atoms with Crippen LogP contribution < -0.4 is 20.1 Å². The number of ether oxygens (including phenoxy) is 2. The summed E-state index contributed by atoms with van der Waals surface area (Å²) in [6.07, 6.45) is 0. The van der Waals surface area contributed by atoms with Gasteiger partial charge in [-0.15, -0.1) is 0 Å². The fraction of sp³-hybridized carbons (Fsp3) is 0.0588. The second kappa shape index (κ2) is 14.1. The number of nitrogens with zero attached hydrogens (tertiary/aromatic N) is 4. The summed E-state index contributed by atoms with van der Waals surface area (Å²) >= 11 is 0. The van der Waals surface area contributed by atoms with E-state index in [-0.39, 0.29) is 11.8 Å². The molecular formula is C34H28N6O4. The van der Waals surface area contributed by atoms with E-state index < -0.39 is 0 Å². The Morgan fingerprint density at radius 3 is 0.886 bits per heavy atom. The Morgan fingerprint density at radius 1 is 0.409 bits per heavy atom. The maximum Gasteiger partial charge on any atom is 0.221 e. The highest BCUT2D eigenvalue weighted by Crippen LogP contribution is 2.30. The molecule has 0 aliphatic carbocycles. The van der Waals surface area contributed by atoms with Crippen LogP contribution in [-0.2, 0) is 9.59 Å². The van der Waals surface area contributed by atoms with Gasteiger partial charge in [0.25, 0.3) is 0 Å². The molecule has 2 N–H and O–H groups in total. The van der Waals surface area contributed by atoms with Crippen LogP contribution in [0, 0.1) is 0 Å². The van der Waals surface area contributed by atoms with Crippen molar-refractivity contribution in [3.63, 3.8) is 0 Å². The lowest BCUT2D eigenvalue weighted by Crippen LogP contribution is -2.04. The number of carbonyl (C=O) groups excluding carboxylic acids is 2. The topological polar surface area (TPSA) is 126 Å².